The van der Waals surface area contributed by atoms with Gasteiger partial charge in [0.25, 0.3) is 5.91 Å². The number of benzene rings is 1. The first-order chi connectivity index (χ1) is 9.52. The first kappa shape index (κ1) is 13.6. The van der Waals surface area contributed by atoms with E-state index in [1.807, 2.05) is 24.3 Å². The summed E-state index contributed by atoms with van der Waals surface area (Å²) < 4.78 is 6.78. The van der Waals surface area contributed by atoms with E-state index in [-0.39, 0.29) is 5.96 Å². The average molecular weight is 273 g/mol. The highest BCUT2D eigenvalue weighted by atomic mass is 16.5. The molecule has 7 nitrogen and oxygen atoms in total. The summed E-state index contributed by atoms with van der Waals surface area (Å²) in [5.74, 6) is -0.0883. The van der Waals surface area contributed by atoms with Crippen LogP contribution in [0.2, 0.25) is 0 Å². The van der Waals surface area contributed by atoms with Crippen LogP contribution in [0.5, 0.6) is 5.75 Å². The summed E-state index contributed by atoms with van der Waals surface area (Å²) in [6.45, 7) is 1.77. The van der Waals surface area contributed by atoms with E-state index in [1.165, 1.54) is 6.20 Å². The van der Waals surface area contributed by atoms with Gasteiger partial charge < -0.3 is 16.2 Å². The normalized spacial score (nSPS) is 10.1. The van der Waals surface area contributed by atoms with E-state index in [2.05, 4.69) is 10.1 Å². The van der Waals surface area contributed by atoms with Gasteiger partial charge in [-0.15, -0.1) is 0 Å². The van der Waals surface area contributed by atoms with Crippen molar-refractivity contribution in [2.45, 2.75) is 6.92 Å². The second-order valence-corrected chi connectivity index (χ2v) is 4.10. The summed E-state index contributed by atoms with van der Waals surface area (Å²) in [5.41, 5.74) is 12.2. The van der Waals surface area contributed by atoms with Gasteiger partial charge in [0, 0.05) is 6.07 Å². The standard InChI is InChI=1S/C13H15N5O2/c1-8-11(12(19)17-13(14)15)7-16-18(8)9-4-3-5-10(6-9)20-2/h3-7H,1-2H3,(H4,14,15,17,19). The molecule has 0 fully saturated rings. The second kappa shape index (κ2) is 5.43. The molecule has 0 saturated carbocycles. The molecular weight excluding hydrogens is 258 g/mol. The van der Waals surface area contributed by atoms with Crippen LogP contribution in [0.1, 0.15) is 16.1 Å². The molecule has 104 valence electrons. The maximum Gasteiger partial charge on any atom is 0.283 e. The Morgan fingerprint density at radius 1 is 1.40 bits per heavy atom. The molecule has 0 unspecified atom stereocenters. The van der Waals surface area contributed by atoms with E-state index < -0.39 is 5.91 Å². The molecule has 0 radical (unpaired) electrons. The third-order valence-corrected chi connectivity index (χ3v) is 2.77. The van der Waals surface area contributed by atoms with E-state index in [0.29, 0.717) is 17.0 Å². The number of amides is 1. The first-order valence-corrected chi connectivity index (χ1v) is 5.86. The largest absolute Gasteiger partial charge is 0.497 e. The Hall–Kier alpha value is -2.83. The van der Waals surface area contributed by atoms with Crippen molar-refractivity contribution in [2.24, 2.45) is 16.5 Å². The Labute approximate surface area is 115 Å². The predicted molar refractivity (Wildman–Crippen MR) is 75.0 cm³/mol. The Bertz CT molecular complexity index is 671. The fourth-order valence-electron chi connectivity index (χ4n) is 1.80. The van der Waals surface area contributed by atoms with Crippen molar-refractivity contribution in [1.29, 1.82) is 0 Å². The second-order valence-electron chi connectivity index (χ2n) is 4.10. The van der Waals surface area contributed by atoms with Crippen molar-refractivity contribution >= 4 is 11.9 Å². The summed E-state index contributed by atoms with van der Waals surface area (Å²) in [4.78, 5) is 15.3. The van der Waals surface area contributed by atoms with E-state index in [1.54, 1.807) is 18.7 Å². The average Bonchev–Trinajstić information content (AvgIpc) is 2.80. The molecule has 20 heavy (non-hydrogen) atoms. The molecular formula is C13H15N5O2. The van der Waals surface area contributed by atoms with Crippen molar-refractivity contribution in [3.05, 3.63) is 41.7 Å². The van der Waals surface area contributed by atoms with Crippen LogP contribution < -0.4 is 16.2 Å². The van der Waals surface area contributed by atoms with Crippen LogP contribution in [0.15, 0.2) is 35.5 Å². The smallest absolute Gasteiger partial charge is 0.283 e. The van der Waals surface area contributed by atoms with Crippen LogP contribution in [-0.2, 0) is 0 Å². The van der Waals surface area contributed by atoms with Gasteiger partial charge in [-0.25, -0.2) is 4.68 Å². The molecule has 0 bridgehead atoms. The van der Waals surface area contributed by atoms with Crippen LogP contribution in [0.4, 0.5) is 0 Å². The topological polar surface area (TPSA) is 109 Å². The third-order valence-electron chi connectivity index (χ3n) is 2.77. The lowest BCUT2D eigenvalue weighted by atomic mass is 10.2. The van der Waals surface area contributed by atoms with Crippen LogP contribution in [0, 0.1) is 6.92 Å². The fourth-order valence-corrected chi connectivity index (χ4v) is 1.80. The van der Waals surface area contributed by atoms with Gasteiger partial charge in [0.15, 0.2) is 5.96 Å². The van der Waals surface area contributed by atoms with Crippen LogP contribution >= 0.6 is 0 Å². The van der Waals surface area contributed by atoms with Gasteiger partial charge in [-0.05, 0) is 19.1 Å². The number of aliphatic imine (C=N–C) groups is 1. The number of nitrogens with zero attached hydrogens (tertiary/aromatic N) is 3. The van der Waals surface area contributed by atoms with Gasteiger partial charge in [-0.3, -0.25) is 4.79 Å². The number of ether oxygens (including phenoxy) is 1. The molecule has 1 heterocycles. The monoisotopic (exact) mass is 273 g/mol. The highest BCUT2D eigenvalue weighted by molar-refractivity contribution is 6.02. The van der Waals surface area contributed by atoms with Gasteiger partial charge in [-0.2, -0.15) is 10.1 Å². The van der Waals surface area contributed by atoms with E-state index in [4.69, 9.17) is 16.2 Å². The van der Waals surface area contributed by atoms with Crippen molar-refractivity contribution in [3.8, 4) is 11.4 Å². The number of hydrogen-bond acceptors (Lipinski definition) is 3. The molecule has 0 saturated heterocycles. The van der Waals surface area contributed by atoms with Gasteiger partial charge in [-0.1, -0.05) is 6.07 Å². The molecule has 0 aliphatic carbocycles. The lowest BCUT2D eigenvalue weighted by Gasteiger charge is -2.06. The third kappa shape index (κ3) is 2.61. The van der Waals surface area contributed by atoms with Crippen molar-refractivity contribution < 1.29 is 9.53 Å². The lowest BCUT2D eigenvalue weighted by Crippen LogP contribution is -2.24. The zero-order valence-corrected chi connectivity index (χ0v) is 11.2. The van der Waals surface area contributed by atoms with Gasteiger partial charge in [0.2, 0.25) is 0 Å². The van der Waals surface area contributed by atoms with Crippen LogP contribution in [-0.4, -0.2) is 28.8 Å². The van der Waals surface area contributed by atoms with Gasteiger partial charge in [0.05, 0.1) is 30.3 Å². The molecule has 2 rings (SSSR count). The molecule has 7 heteroatoms. The Balaban J connectivity index is 2.42. The number of carbonyl (C=O) groups excluding carboxylic acids is 1. The van der Waals surface area contributed by atoms with Crippen LogP contribution in [0.25, 0.3) is 5.69 Å². The van der Waals surface area contributed by atoms with E-state index >= 15 is 0 Å². The maximum atomic E-state index is 11.8. The van der Waals surface area contributed by atoms with Gasteiger partial charge >= 0.3 is 0 Å². The number of guanidine groups is 1. The summed E-state index contributed by atoms with van der Waals surface area (Å²) in [7, 11) is 1.59. The van der Waals surface area contributed by atoms with Crippen molar-refractivity contribution in [3.63, 3.8) is 0 Å². The minimum Gasteiger partial charge on any atom is -0.497 e. The number of nitrogens with two attached hydrogens (primary N) is 2. The number of hydrogen-bond donors (Lipinski definition) is 2. The molecule has 0 spiro atoms. The number of aromatic nitrogens is 2. The molecule has 0 aliphatic heterocycles. The fraction of sp³-hybridized carbons (Fsp3) is 0.154. The predicted octanol–water partition coefficient (Wildman–Crippen LogP) is 0.603. The van der Waals surface area contributed by atoms with Crippen LogP contribution in [0.3, 0.4) is 0 Å². The summed E-state index contributed by atoms with van der Waals surface area (Å²) in [5, 5.41) is 4.18. The number of rotatable bonds is 3. The quantitative estimate of drug-likeness (QED) is 0.629. The first-order valence-electron chi connectivity index (χ1n) is 5.86. The highest BCUT2D eigenvalue weighted by Gasteiger charge is 2.15. The summed E-state index contributed by atoms with van der Waals surface area (Å²) in [6.07, 6.45) is 1.43. The van der Waals surface area contributed by atoms with Gasteiger partial charge in [0.1, 0.15) is 5.75 Å². The Morgan fingerprint density at radius 3 is 2.80 bits per heavy atom. The zero-order chi connectivity index (χ0) is 14.7. The minimum absolute atomic E-state index is 0.275. The Kier molecular flexibility index (Phi) is 3.69. The summed E-state index contributed by atoms with van der Waals surface area (Å²) in [6, 6.07) is 7.34. The molecule has 1 aromatic carbocycles. The molecule has 1 amide bonds. The number of methoxy groups -OCH3 is 1. The molecule has 0 atom stereocenters. The summed E-state index contributed by atoms with van der Waals surface area (Å²) >= 11 is 0. The van der Waals surface area contributed by atoms with E-state index in [0.717, 1.165) is 5.69 Å². The van der Waals surface area contributed by atoms with Crippen molar-refractivity contribution in [1.82, 2.24) is 9.78 Å². The van der Waals surface area contributed by atoms with E-state index in [9.17, 15) is 4.79 Å². The number of carbonyl (C=O) groups is 1. The zero-order valence-electron chi connectivity index (χ0n) is 11.2. The van der Waals surface area contributed by atoms with Crippen molar-refractivity contribution in [2.75, 3.05) is 7.11 Å². The molecule has 2 aromatic rings. The molecule has 1 aromatic heterocycles. The Morgan fingerprint density at radius 2 is 2.15 bits per heavy atom. The lowest BCUT2D eigenvalue weighted by molar-refractivity contribution is 0.100. The maximum absolute atomic E-state index is 11.8. The molecule has 4 N–H and O–H groups in total. The SMILES string of the molecule is COc1cccc(-n2ncc(C(=O)N=C(N)N)c2C)c1. The molecule has 0 aliphatic rings. The minimum atomic E-state index is -0.517. The highest BCUT2D eigenvalue weighted by Crippen LogP contribution is 2.19.